The summed E-state index contributed by atoms with van der Waals surface area (Å²) in [7, 11) is 0. The van der Waals surface area contributed by atoms with Gasteiger partial charge in [-0.05, 0) is 62.5 Å². The van der Waals surface area contributed by atoms with Crippen LogP contribution in [0.2, 0.25) is 0 Å². The van der Waals surface area contributed by atoms with Gasteiger partial charge in [-0.25, -0.2) is 0 Å². The molecule has 1 atom stereocenters. The Labute approximate surface area is 189 Å². The van der Waals surface area contributed by atoms with Crippen LogP contribution < -0.4 is 25.9 Å². The van der Waals surface area contributed by atoms with E-state index < -0.39 is 17.9 Å². The molecule has 0 fully saturated rings. The molecule has 0 saturated carbocycles. The number of carbonyl (C=O) groups is 2. The van der Waals surface area contributed by atoms with E-state index in [4.69, 9.17) is 21.7 Å². The van der Waals surface area contributed by atoms with Crippen molar-refractivity contribution in [3.05, 3.63) is 63.7 Å². The second-order valence-corrected chi connectivity index (χ2v) is 7.27. The number of hydrogen-bond donors (Lipinski definition) is 3. The summed E-state index contributed by atoms with van der Waals surface area (Å²) in [6.07, 6.45) is -0.894. The number of amides is 2. The van der Waals surface area contributed by atoms with Crippen molar-refractivity contribution in [2.24, 2.45) is 0 Å². The monoisotopic (exact) mass is 456 g/mol. The Morgan fingerprint density at radius 3 is 2.50 bits per heavy atom. The molecule has 0 radical (unpaired) electrons. The summed E-state index contributed by atoms with van der Waals surface area (Å²) in [5, 5.41) is 0.482. The van der Waals surface area contributed by atoms with Gasteiger partial charge in [-0.3, -0.25) is 29.8 Å². The molecule has 1 unspecified atom stereocenters. The van der Waals surface area contributed by atoms with Gasteiger partial charge in [0, 0.05) is 13.0 Å². The van der Waals surface area contributed by atoms with Crippen LogP contribution in [0.1, 0.15) is 20.3 Å². The van der Waals surface area contributed by atoms with Crippen LogP contribution in [0.5, 0.6) is 11.5 Å². The molecular formula is C22H24N4O5S. The molecule has 0 spiro atoms. The zero-order valence-electron chi connectivity index (χ0n) is 17.7. The Bertz CT molecular complexity index is 1220. The molecule has 1 heterocycles. The Morgan fingerprint density at radius 2 is 1.78 bits per heavy atom. The van der Waals surface area contributed by atoms with Crippen molar-refractivity contribution in [1.82, 2.24) is 20.4 Å². The number of benzene rings is 2. The number of nitrogens with one attached hydrogen (secondary N) is 3. The van der Waals surface area contributed by atoms with E-state index in [1.54, 1.807) is 55.5 Å². The number of hydrazine groups is 1. The predicted octanol–water partition coefficient (Wildman–Crippen LogP) is 2.46. The Balaban J connectivity index is 1.50. The van der Waals surface area contributed by atoms with Gasteiger partial charge in [0.2, 0.25) is 5.91 Å². The zero-order chi connectivity index (χ0) is 23.1. The van der Waals surface area contributed by atoms with Crippen LogP contribution in [0.15, 0.2) is 53.3 Å². The number of carbonyl (C=O) groups excluding carboxylic acids is 2. The van der Waals surface area contributed by atoms with Gasteiger partial charge in [0.15, 0.2) is 10.9 Å². The highest BCUT2D eigenvalue weighted by molar-refractivity contribution is 7.71. The lowest BCUT2D eigenvalue weighted by Crippen LogP contribution is -2.47. The number of ether oxygens (including phenoxy) is 2. The molecule has 9 nitrogen and oxygen atoms in total. The molecule has 0 saturated heterocycles. The van der Waals surface area contributed by atoms with Crippen LogP contribution in [0, 0.1) is 4.77 Å². The van der Waals surface area contributed by atoms with Crippen LogP contribution >= 0.6 is 12.2 Å². The quantitative estimate of drug-likeness (QED) is 0.354. The molecule has 1 aromatic heterocycles. The molecule has 0 aliphatic heterocycles. The maximum absolute atomic E-state index is 12.6. The SMILES string of the molecule is CCOc1ccc(OC(C)C(=O)NNC(=O)CCn2c(=S)[nH]c3ccccc3c2=O)cc1. The van der Waals surface area contributed by atoms with Crippen LogP contribution in [0.4, 0.5) is 0 Å². The Kier molecular flexibility index (Phi) is 7.61. The van der Waals surface area contributed by atoms with Gasteiger partial charge in [0.05, 0.1) is 17.5 Å². The summed E-state index contributed by atoms with van der Waals surface area (Å²) in [5.74, 6) is 0.204. The maximum atomic E-state index is 12.6. The lowest BCUT2D eigenvalue weighted by atomic mass is 10.2. The third kappa shape index (κ3) is 5.73. The van der Waals surface area contributed by atoms with E-state index in [1.807, 2.05) is 6.92 Å². The zero-order valence-corrected chi connectivity index (χ0v) is 18.5. The molecular weight excluding hydrogens is 432 g/mol. The first-order valence-corrected chi connectivity index (χ1v) is 10.5. The highest BCUT2D eigenvalue weighted by Gasteiger charge is 2.16. The number of hydrogen-bond acceptors (Lipinski definition) is 6. The van der Waals surface area contributed by atoms with E-state index in [0.717, 1.165) is 0 Å². The fourth-order valence-corrected chi connectivity index (χ4v) is 3.23. The smallest absolute Gasteiger partial charge is 0.279 e. The van der Waals surface area contributed by atoms with Gasteiger partial charge in [-0.2, -0.15) is 0 Å². The van der Waals surface area contributed by atoms with Gasteiger partial charge in [0.1, 0.15) is 11.5 Å². The molecule has 2 aromatic carbocycles. The number of aromatic nitrogens is 2. The van der Waals surface area contributed by atoms with E-state index in [-0.39, 0.29) is 23.3 Å². The average Bonchev–Trinajstić information content (AvgIpc) is 2.78. The van der Waals surface area contributed by atoms with Crippen molar-refractivity contribution in [3.63, 3.8) is 0 Å². The summed E-state index contributed by atoms with van der Waals surface area (Å²) < 4.78 is 12.5. The lowest BCUT2D eigenvalue weighted by Gasteiger charge is -2.15. The van der Waals surface area contributed by atoms with Crippen molar-refractivity contribution in [1.29, 1.82) is 0 Å². The van der Waals surface area contributed by atoms with Crippen LogP contribution in [0.3, 0.4) is 0 Å². The van der Waals surface area contributed by atoms with Crippen molar-refractivity contribution in [2.45, 2.75) is 32.9 Å². The number of H-pyrrole nitrogens is 1. The standard InChI is InChI=1S/C22H24N4O5S/c1-3-30-15-8-10-16(11-9-15)31-14(2)20(28)25-24-19(27)12-13-26-21(29)17-6-4-5-7-18(17)23-22(26)32/h4-11,14H,3,12-13H2,1-2H3,(H,23,32)(H,24,27)(H,25,28). The normalized spacial score (nSPS) is 11.6. The molecule has 168 valence electrons. The molecule has 0 bridgehead atoms. The highest BCUT2D eigenvalue weighted by atomic mass is 32.1. The minimum atomic E-state index is -0.842. The van der Waals surface area contributed by atoms with Gasteiger partial charge < -0.3 is 14.5 Å². The summed E-state index contributed by atoms with van der Waals surface area (Å²) in [5.41, 5.74) is 5.00. The number of para-hydroxylation sites is 1. The molecule has 3 rings (SSSR count). The fourth-order valence-electron chi connectivity index (χ4n) is 2.95. The summed E-state index contributed by atoms with van der Waals surface area (Å²) in [6, 6.07) is 13.9. The van der Waals surface area contributed by atoms with Gasteiger partial charge in [-0.15, -0.1) is 0 Å². The summed E-state index contributed by atoms with van der Waals surface area (Å²) >= 11 is 5.23. The van der Waals surface area contributed by atoms with Gasteiger partial charge >= 0.3 is 0 Å². The third-order valence-electron chi connectivity index (χ3n) is 4.59. The molecule has 10 heteroatoms. The van der Waals surface area contributed by atoms with Gasteiger partial charge in [0.25, 0.3) is 11.5 Å². The molecule has 32 heavy (non-hydrogen) atoms. The van der Waals surface area contributed by atoms with Crippen molar-refractivity contribution >= 4 is 34.9 Å². The largest absolute Gasteiger partial charge is 0.494 e. The lowest BCUT2D eigenvalue weighted by molar-refractivity contribution is -0.132. The first kappa shape index (κ1) is 23.0. The first-order valence-electron chi connectivity index (χ1n) is 10.1. The first-order chi connectivity index (χ1) is 15.4. The second kappa shape index (κ2) is 10.6. The van der Waals surface area contributed by atoms with Crippen LogP contribution in [0.25, 0.3) is 10.9 Å². The number of aromatic amines is 1. The third-order valence-corrected chi connectivity index (χ3v) is 4.92. The molecule has 0 aliphatic rings. The van der Waals surface area contributed by atoms with E-state index in [0.29, 0.717) is 29.0 Å². The van der Waals surface area contributed by atoms with E-state index in [9.17, 15) is 14.4 Å². The second-order valence-electron chi connectivity index (χ2n) is 6.88. The maximum Gasteiger partial charge on any atom is 0.279 e. The van der Waals surface area contributed by atoms with Gasteiger partial charge in [-0.1, -0.05) is 12.1 Å². The van der Waals surface area contributed by atoms with Crippen molar-refractivity contribution < 1.29 is 19.1 Å². The molecule has 3 aromatic rings. The van der Waals surface area contributed by atoms with E-state index >= 15 is 0 Å². The van der Waals surface area contributed by atoms with Crippen LogP contribution in [-0.4, -0.2) is 34.1 Å². The molecule has 2 amide bonds. The number of fused-ring (bicyclic) bond motifs is 1. The number of nitrogens with zero attached hydrogens (tertiary/aromatic N) is 1. The summed E-state index contributed by atoms with van der Waals surface area (Å²) in [6.45, 7) is 4.07. The Morgan fingerprint density at radius 1 is 1.09 bits per heavy atom. The average molecular weight is 457 g/mol. The van der Waals surface area contributed by atoms with Crippen molar-refractivity contribution in [3.8, 4) is 11.5 Å². The topological polar surface area (TPSA) is 114 Å². The minimum absolute atomic E-state index is 0.0515. The summed E-state index contributed by atoms with van der Waals surface area (Å²) in [4.78, 5) is 39.9. The Hall–Kier alpha value is -3.66. The molecule has 3 N–H and O–H groups in total. The minimum Gasteiger partial charge on any atom is -0.494 e. The predicted molar refractivity (Wildman–Crippen MR) is 122 cm³/mol. The van der Waals surface area contributed by atoms with Crippen LogP contribution in [-0.2, 0) is 16.1 Å². The molecule has 0 aliphatic carbocycles. The highest BCUT2D eigenvalue weighted by Crippen LogP contribution is 2.18. The van der Waals surface area contributed by atoms with E-state index in [2.05, 4.69) is 15.8 Å². The van der Waals surface area contributed by atoms with E-state index in [1.165, 1.54) is 4.57 Å². The van der Waals surface area contributed by atoms with Crippen molar-refractivity contribution in [2.75, 3.05) is 6.61 Å². The fraction of sp³-hybridized carbons (Fsp3) is 0.273. The number of rotatable bonds is 8.